The summed E-state index contributed by atoms with van der Waals surface area (Å²) in [7, 11) is 0. The molecule has 10 rings (SSSR count). The maximum atomic E-state index is 13.1. The monoisotopic (exact) mass is 702 g/mol. The van der Waals surface area contributed by atoms with Gasteiger partial charge in [0.2, 0.25) is 0 Å². The fourth-order valence-corrected chi connectivity index (χ4v) is 13.2. The highest BCUT2D eigenvalue weighted by molar-refractivity contribution is 5.93. The molecule has 4 saturated carbocycles. The molecule has 6 nitrogen and oxygen atoms in total. The standard InChI is InChI=1S/C46H58N2O4/c49-43(51-35-15-13-33-25-41-37-11-1-3-19-45(37,39(33)27-35)21-23-47(41)29-31-7-5-8-31)17-18-44(50)52-36-16-14-34-26-42-38-12-2-4-20-46(38,40(34)28-36)22-24-48(42)30-32-9-6-10-32/h13-18,27-28,31-32,37-38,41-42H,1-12,19-26,29-30H2. The Morgan fingerprint density at radius 3 is 1.48 bits per heavy atom. The summed E-state index contributed by atoms with van der Waals surface area (Å²) >= 11 is 0. The molecule has 0 N–H and O–H groups in total. The molecule has 6 fully saturated rings. The molecule has 6 atom stereocenters. The van der Waals surface area contributed by atoms with E-state index in [1.807, 2.05) is 12.1 Å². The van der Waals surface area contributed by atoms with E-state index in [4.69, 9.17) is 9.47 Å². The lowest BCUT2D eigenvalue weighted by molar-refractivity contribution is -0.131. The molecular formula is C46H58N2O4. The third-order valence-electron chi connectivity index (χ3n) is 16.1. The molecule has 2 saturated heterocycles. The van der Waals surface area contributed by atoms with Crippen LogP contribution in [0.4, 0.5) is 0 Å². The van der Waals surface area contributed by atoms with Crippen molar-refractivity contribution in [2.45, 2.75) is 138 Å². The molecule has 6 aliphatic carbocycles. The Hall–Kier alpha value is -2.96. The van der Waals surface area contributed by atoms with Crippen LogP contribution in [0.15, 0.2) is 48.6 Å². The SMILES string of the molecule is O=C(C=CC(=O)Oc1ccc2c(c1)C13CCCCC1C(C2)N(CC1CCC1)CC3)Oc1ccc2c(c1)C13CCCCC1C(C2)N(CC1CCC1)CC3. The molecule has 0 spiro atoms. The van der Waals surface area contributed by atoms with Gasteiger partial charge < -0.3 is 9.47 Å². The minimum absolute atomic E-state index is 0.203. The summed E-state index contributed by atoms with van der Waals surface area (Å²) in [6, 6.07) is 14.0. The first kappa shape index (κ1) is 33.6. The molecule has 2 heterocycles. The average Bonchev–Trinajstić information content (AvgIpc) is 3.12. The summed E-state index contributed by atoms with van der Waals surface area (Å²) in [5.41, 5.74) is 6.14. The van der Waals surface area contributed by atoms with Crippen molar-refractivity contribution < 1.29 is 19.1 Å². The number of piperidine rings is 2. The van der Waals surface area contributed by atoms with Crippen LogP contribution in [0.5, 0.6) is 11.5 Å². The molecule has 2 aromatic carbocycles. The predicted octanol–water partition coefficient (Wildman–Crippen LogP) is 8.47. The van der Waals surface area contributed by atoms with Gasteiger partial charge in [-0.15, -0.1) is 0 Å². The van der Waals surface area contributed by atoms with Gasteiger partial charge >= 0.3 is 11.9 Å². The molecule has 0 radical (unpaired) electrons. The lowest BCUT2D eigenvalue weighted by Crippen LogP contribution is -2.61. The maximum absolute atomic E-state index is 13.1. The maximum Gasteiger partial charge on any atom is 0.336 e. The minimum Gasteiger partial charge on any atom is -0.423 e. The summed E-state index contributed by atoms with van der Waals surface area (Å²) in [6.45, 7) is 4.95. The van der Waals surface area contributed by atoms with E-state index in [0.29, 0.717) is 35.4 Å². The van der Waals surface area contributed by atoms with Crippen LogP contribution in [0.25, 0.3) is 0 Å². The Balaban J connectivity index is 0.811. The van der Waals surface area contributed by atoms with E-state index in [-0.39, 0.29) is 10.8 Å². The van der Waals surface area contributed by atoms with E-state index in [0.717, 1.165) is 24.7 Å². The Morgan fingerprint density at radius 2 is 1.06 bits per heavy atom. The van der Waals surface area contributed by atoms with Crippen molar-refractivity contribution >= 4 is 11.9 Å². The average molecular weight is 703 g/mol. The molecular weight excluding hydrogens is 645 g/mol. The Kier molecular flexibility index (Phi) is 8.66. The molecule has 4 bridgehead atoms. The number of likely N-dealkylation sites (tertiary alicyclic amines) is 2. The highest BCUT2D eigenvalue weighted by Gasteiger charge is 2.55. The number of fused-ring (bicyclic) bond motifs is 2. The van der Waals surface area contributed by atoms with E-state index in [1.165, 1.54) is 163 Å². The highest BCUT2D eigenvalue weighted by Crippen LogP contribution is 2.58. The summed E-state index contributed by atoms with van der Waals surface area (Å²) in [6.07, 6.45) is 25.9. The molecule has 52 heavy (non-hydrogen) atoms. The van der Waals surface area contributed by atoms with Crippen molar-refractivity contribution in [2.75, 3.05) is 26.2 Å². The van der Waals surface area contributed by atoms with Crippen LogP contribution in [0.2, 0.25) is 0 Å². The number of ether oxygens (including phenoxy) is 2. The zero-order chi connectivity index (χ0) is 34.9. The molecule has 2 aromatic rings. The lowest BCUT2D eigenvalue weighted by atomic mass is 9.52. The van der Waals surface area contributed by atoms with Crippen molar-refractivity contribution in [3.63, 3.8) is 0 Å². The van der Waals surface area contributed by atoms with Crippen LogP contribution < -0.4 is 9.47 Å². The van der Waals surface area contributed by atoms with Crippen molar-refractivity contribution in [1.29, 1.82) is 0 Å². The van der Waals surface area contributed by atoms with Crippen LogP contribution in [0, 0.1) is 23.7 Å². The number of benzene rings is 2. The van der Waals surface area contributed by atoms with Gasteiger partial charge in [-0.25, -0.2) is 9.59 Å². The summed E-state index contributed by atoms with van der Waals surface area (Å²) < 4.78 is 11.7. The smallest absolute Gasteiger partial charge is 0.336 e. The van der Waals surface area contributed by atoms with Gasteiger partial charge in [0.15, 0.2) is 0 Å². The second-order valence-electron chi connectivity index (χ2n) is 18.5. The number of rotatable bonds is 8. The van der Waals surface area contributed by atoms with Gasteiger partial charge in [0.1, 0.15) is 11.5 Å². The van der Waals surface area contributed by atoms with Gasteiger partial charge in [0.05, 0.1) is 0 Å². The van der Waals surface area contributed by atoms with Gasteiger partial charge in [0.25, 0.3) is 0 Å². The predicted molar refractivity (Wildman–Crippen MR) is 203 cm³/mol. The van der Waals surface area contributed by atoms with E-state index in [9.17, 15) is 9.59 Å². The second-order valence-corrected chi connectivity index (χ2v) is 18.5. The fourth-order valence-electron chi connectivity index (χ4n) is 13.2. The number of esters is 2. The molecule has 276 valence electrons. The van der Waals surface area contributed by atoms with Crippen molar-refractivity contribution in [2.24, 2.45) is 23.7 Å². The third kappa shape index (κ3) is 5.72. The third-order valence-corrected chi connectivity index (χ3v) is 16.1. The quantitative estimate of drug-likeness (QED) is 0.156. The molecule has 6 unspecified atom stereocenters. The fraction of sp³-hybridized carbons (Fsp3) is 0.652. The molecule has 6 heteroatoms. The topological polar surface area (TPSA) is 59.1 Å². The first-order valence-corrected chi connectivity index (χ1v) is 21.3. The van der Waals surface area contributed by atoms with E-state index < -0.39 is 11.9 Å². The first-order valence-electron chi connectivity index (χ1n) is 21.3. The summed E-state index contributed by atoms with van der Waals surface area (Å²) in [5, 5.41) is 0. The van der Waals surface area contributed by atoms with Gasteiger partial charge in [-0.2, -0.15) is 0 Å². The Bertz CT molecular complexity index is 1620. The number of hydrogen-bond acceptors (Lipinski definition) is 6. The largest absolute Gasteiger partial charge is 0.423 e. The van der Waals surface area contributed by atoms with Crippen LogP contribution in [-0.4, -0.2) is 60.0 Å². The molecule has 2 aliphatic heterocycles. The number of carbonyl (C=O) groups is 2. The minimum atomic E-state index is -0.535. The Labute approximate surface area is 310 Å². The number of hydrogen-bond donors (Lipinski definition) is 0. The Morgan fingerprint density at radius 1 is 0.596 bits per heavy atom. The van der Waals surface area contributed by atoms with Gasteiger partial charge in [-0.1, -0.05) is 50.7 Å². The molecule has 0 aromatic heterocycles. The van der Waals surface area contributed by atoms with Crippen LogP contribution in [0.1, 0.15) is 125 Å². The number of nitrogens with zero attached hydrogens (tertiary/aromatic N) is 2. The highest BCUT2D eigenvalue weighted by atomic mass is 16.5. The van der Waals surface area contributed by atoms with E-state index in [1.54, 1.807) is 0 Å². The summed E-state index contributed by atoms with van der Waals surface area (Å²) in [5.74, 6) is 3.30. The molecule has 8 aliphatic rings. The van der Waals surface area contributed by atoms with Crippen LogP contribution in [-0.2, 0) is 33.3 Å². The zero-order valence-electron chi connectivity index (χ0n) is 31.2. The van der Waals surface area contributed by atoms with Gasteiger partial charge in [-0.3, -0.25) is 9.80 Å². The van der Waals surface area contributed by atoms with Gasteiger partial charge in [-0.05, 0) is 160 Å². The number of carbonyl (C=O) groups excluding carboxylic acids is 2. The van der Waals surface area contributed by atoms with Crippen molar-refractivity contribution in [1.82, 2.24) is 9.80 Å². The first-order chi connectivity index (χ1) is 25.5. The van der Waals surface area contributed by atoms with Crippen LogP contribution in [0.3, 0.4) is 0 Å². The van der Waals surface area contributed by atoms with E-state index >= 15 is 0 Å². The lowest BCUT2D eigenvalue weighted by Gasteiger charge is -2.59. The van der Waals surface area contributed by atoms with E-state index in [2.05, 4.69) is 34.1 Å². The summed E-state index contributed by atoms with van der Waals surface area (Å²) in [4.78, 5) is 31.8. The second kappa shape index (κ2) is 13.4. The van der Waals surface area contributed by atoms with Crippen molar-refractivity contribution in [3.05, 3.63) is 70.8 Å². The zero-order valence-corrected chi connectivity index (χ0v) is 31.2. The van der Waals surface area contributed by atoms with Crippen molar-refractivity contribution in [3.8, 4) is 11.5 Å². The normalized spacial score (nSPS) is 34.2. The van der Waals surface area contributed by atoms with Crippen LogP contribution >= 0.6 is 0 Å². The van der Waals surface area contributed by atoms with Gasteiger partial charge in [0, 0.05) is 48.2 Å². The molecule has 0 amide bonds.